The smallest absolute Gasteiger partial charge is 0.325 e. The number of nitrogens with one attached hydrogen (secondary N) is 1. The van der Waals surface area contributed by atoms with Gasteiger partial charge in [0, 0.05) is 32.7 Å². The van der Waals surface area contributed by atoms with E-state index >= 15 is 0 Å². The minimum absolute atomic E-state index is 0.203. The first-order valence-electron chi connectivity index (χ1n) is 9.59. The summed E-state index contributed by atoms with van der Waals surface area (Å²) in [6.45, 7) is 7.44. The van der Waals surface area contributed by atoms with Crippen LogP contribution in [0.25, 0.3) is 0 Å². The van der Waals surface area contributed by atoms with Gasteiger partial charge in [0.25, 0.3) is 5.91 Å². The molecular weight excluding hydrogens is 374 g/mol. The summed E-state index contributed by atoms with van der Waals surface area (Å²) < 4.78 is 9.87. The Morgan fingerprint density at radius 2 is 1.61 bits per heavy atom. The van der Waals surface area contributed by atoms with Crippen molar-refractivity contribution in [1.82, 2.24) is 15.1 Å². The number of nitrogens with zero attached hydrogens (tertiary/aromatic N) is 2. The standard InChI is InChI=1S/C17H31N3O8/c1-2-3-19-4-6-20(7-5-19)8-9-27-11(21)10-18-16(25)15-13(23)12(22)14(24)17(26)28-15/h12-15,17,22-24,26H,2-10H2,1H3,(H,18,25)/t12-,13-,14+,15-,17+/m0/s1. The van der Waals surface area contributed by atoms with E-state index in [9.17, 15) is 30.0 Å². The van der Waals surface area contributed by atoms with Gasteiger partial charge in [0.2, 0.25) is 0 Å². The first-order valence-corrected chi connectivity index (χ1v) is 9.59. The van der Waals surface area contributed by atoms with Crippen molar-refractivity contribution in [3.05, 3.63) is 0 Å². The van der Waals surface area contributed by atoms with E-state index in [-0.39, 0.29) is 6.61 Å². The van der Waals surface area contributed by atoms with Gasteiger partial charge >= 0.3 is 5.97 Å². The van der Waals surface area contributed by atoms with E-state index in [2.05, 4.69) is 22.0 Å². The van der Waals surface area contributed by atoms with E-state index in [0.717, 1.165) is 39.1 Å². The van der Waals surface area contributed by atoms with Crippen molar-refractivity contribution in [2.24, 2.45) is 0 Å². The zero-order chi connectivity index (χ0) is 20.7. The average Bonchev–Trinajstić information content (AvgIpc) is 2.69. The Balaban J connectivity index is 1.62. The molecule has 1 amide bonds. The molecule has 0 aliphatic carbocycles. The lowest BCUT2D eigenvalue weighted by Crippen LogP contribution is -2.61. The maximum absolute atomic E-state index is 12.0. The molecule has 0 bridgehead atoms. The Bertz CT molecular complexity index is 515. The Hall–Kier alpha value is -1.34. The number of carbonyl (C=O) groups excluding carboxylic acids is 2. The lowest BCUT2D eigenvalue weighted by molar-refractivity contribution is -0.275. The molecule has 11 nitrogen and oxygen atoms in total. The van der Waals surface area contributed by atoms with Crippen molar-refractivity contribution in [1.29, 1.82) is 0 Å². The topological polar surface area (TPSA) is 152 Å². The van der Waals surface area contributed by atoms with E-state index in [1.54, 1.807) is 0 Å². The Morgan fingerprint density at radius 3 is 2.21 bits per heavy atom. The quantitative estimate of drug-likeness (QED) is 0.257. The van der Waals surface area contributed by atoms with Crippen LogP contribution in [0.1, 0.15) is 13.3 Å². The third-order valence-corrected chi connectivity index (χ3v) is 4.93. The fourth-order valence-corrected chi connectivity index (χ4v) is 3.23. The summed E-state index contributed by atoms with van der Waals surface area (Å²) >= 11 is 0. The van der Waals surface area contributed by atoms with E-state index in [4.69, 9.17) is 9.47 Å². The monoisotopic (exact) mass is 405 g/mol. The summed E-state index contributed by atoms with van der Waals surface area (Å²) in [5.74, 6) is -1.55. The molecule has 0 radical (unpaired) electrons. The SMILES string of the molecule is CCCN1CCN(CCOC(=O)CNC(=O)[C@H]2O[C@@H](O)[C@H](O)[C@@H](O)[C@@H]2O)CC1. The van der Waals surface area contributed by atoms with Gasteiger partial charge < -0.3 is 40.1 Å². The lowest BCUT2D eigenvalue weighted by atomic mass is 9.98. The predicted molar refractivity (Wildman–Crippen MR) is 96.0 cm³/mol. The lowest BCUT2D eigenvalue weighted by Gasteiger charge is -2.37. The zero-order valence-electron chi connectivity index (χ0n) is 16.1. The number of aliphatic hydroxyl groups is 4. The molecule has 2 heterocycles. The molecule has 2 aliphatic heterocycles. The Kier molecular flexibility index (Phi) is 9.02. The second-order valence-electron chi connectivity index (χ2n) is 7.04. The molecule has 0 aromatic heterocycles. The number of ether oxygens (including phenoxy) is 2. The number of carbonyl (C=O) groups is 2. The minimum atomic E-state index is -1.82. The average molecular weight is 405 g/mol. The Morgan fingerprint density at radius 1 is 1.00 bits per heavy atom. The van der Waals surface area contributed by atoms with Crippen LogP contribution in [0.15, 0.2) is 0 Å². The van der Waals surface area contributed by atoms with Crippen LogP contribution >= 0.6 is 0 Å². The van der Waals surface area contributed by atoms with Crippen molar-refractivity contribution in [3.63, 3.8) is 0 Å². The van der Waals surface area contributed by atoms with Crippen LogP contribution in [-0.4, -0.2) is 125 Å². The molecule has 5 N–H and O–H groups in total. The zero-order valence-corrected chi connectivity index (χ0v) is 16.1. The second-order valence-corrected chi connectivity index (χ2v) is 7.04. The highest BCUT2D eigenvalue weighted by Crippen LogP contribution is 2.19. The normalized spacial score (nSPS) is 32.1. The largest absolute Gasteiger partial charge is 0.463 e. The second kappa shape index (κ2) is 11.0. The van der Waals surface area contributed by atoms with Crippen molar-refractivity contribution < 1.29 is 39.5 Å². The number of amides is 1. The van der Waals surface area contributed by atoms with E-state index in [1.165, 1.54) is 0 Å². The van der Waals surface area contributed by atoms with Gasteiger partial charge in [-0.15, -0.1) is 0 Å². The summed E-state index contributed by atoms with van der Waals surface area (Å²) in [6.07, 6.45) is -7.51. The van der Waals surface area contributed by atoms with Crippen LogP contribution in [0.5, 0.6) is 0 Å². The number of esters is 1. The molecule has 0 unspecified atom stereocenters. The van der Waals surface area contributed by atoms with Crippen LogP contribution in [-0.2, 0) is 19.1 Å². The summed E-state index contributed by atoms with van der Waals surface area (Å²) in [4.78, 5) is 28.4. The first-order chi connectivity index (χ1) is 13.3. The molecule has 2 fully saturated rings. The molecule has 28 heavy (non-hydrogen) atoms. The van der Waals surface area contributed by atoms with E-state index < -0.39 is 49.1 Å². The van der Waals surface area contributed by atoms with Crippen molar-refractivity contribution in [2.45, 2.75) is 44.1 Å². The molecule has 0 aromatic rings. The van der Waals surface area contributed by atoms with Gasteiger partial charge in [0.15, 0.2) is 12.4 Å². The number of rotatable bonds is 8. The number of aliphatic hydroxyl groups excluding tert-OH is 4. The maximum atomic E-state index is 12.0. The first kappa shape index (κ1) is 22.9. The minimum Gasteiger partial charge on any atom is -0.463 e. The highest BCUT2D eigenvalue weighted by Gasteiger charge is 2.46. The molecule has 2 rings (SSSR count). The van der Waals surface area contributed by atoms with Crippen molar-refractivity contribution in [2.75, 3.05) is 52.4 Å². The summed E-state index contributed by atoms with van der Waals surface area (Å²) in [7, 11) is 0. The van der Waals surface area contributed by atoms with Gasteiger partial charge in [-0.25, -0.2) is 0 Å². The molecular formula is C17H31N3O8. The molecule has 11 heteroatoms. The summed E-state index contributed by atoms with van der Waals surface area (Å²) in [6, 6.07) is 0. The molecule has 0 saturated carbocycles. The predicted octanol–water partition coefficient (Wildman–Crippen LogP) is -3.53. The van der Waals surface area contributed by atoms with Crippen LogP contribution in [0.3, 0.4) is 0 Å². The van der Waals surface area contributed by atoms with E-state index in [1.807, 2.05) is 0 Å². The molecule has 5 atom stereocenters. The van der Waals surface area contributed by atoms with Gasteiger partial charge in [-0.2, -0.15) is 0 Å². The van der Waals surface area contributed by atoms with Crippen LogP contribution in [0, 0.1) is 0 Å². The number of piperazine rings is 1. The molecule has 162 valence electrons. The maximum Gasteiger partial charge on any atom is 0.325 e. The number of hydrogen-bond donors (Lipinski definition) is 5. The van der Waals surface area contributed by atoms with Crippen molar-refractivity contribution in [3.8, 4) is 0 Å². The molecule has 0 aromatic carbocycles. The van der Waals surface area contributed by atoms with E-state index in [0.29, 0.717) is 6.54 Å². The molecule has 2 saturated heterocycles. The summed E-state index contributed by atoms with van der Waals surface area (Å²) in [5, 5.41) is 40.4. The van der Waals surface area contributed by atoms with Crippen LogP contribution < -0.4 is 5.32 Å². The Labute approximate surface area is 163 Å². The van der Waals surface area contributed by atoms with Crippen LogP contribution in [0.4, 0.5) is 0 Å². The van der Waals surface area contributed by atoms with Crippen molar-refractivity contribution >= 4 is 11.9 Å². The fraction of sp³-hybridized carbons (Fsp3) is 0.882. The third kappa shape index (κ3) is 6.34. The summed E-state index contributed by atoms with van der Waals surface area (Å²) in [5.41, 5.74) is 0. The molecule has 2 aliphatic rings. The highest BCUT2D eigenvalue weighted by molar-refractivity contribution is 5.85. The van der Waals surface area contributed by atoms with Gasteiger partial charge in [-0.1, -0.05) is 6.92 Å². The van der Waals surface area contributed by atoms with Gasteiger partial charge in [-0.3, -0.25) is 14.5 Å². The van der Waals surface area contributed by atoms with Gasteiger partial charge in [-0.05, 0) is 13.0 Å². The van der Waals surface area contributed by atoms with Crippen LogP contribution in [0.2, 0.25) is 0 Å². The highest BCUT2D eigenvalue weighted by atomic mass is 16.6. The van der Waals surface area contributed by atoms with Gasteiger partial charge in [0.1, 0.15) is 31.5 Å². The fourth-order valence-electron chi connectivity index (χ4n) is 3.23. The molecule has 0 spiro atoms. The number of hydrogen-bond acceptors (Lipinski definition) is 10. The van der Waals surface area contributed by atoms with Gasteiger partial charge in [0.05, 0.1) is 0 Å². The third-order valence-electron chi connectivity index (χ3n) is 4.93.